The molecule has 2 saturated heterocycles. The zero-order chi connectivity index (χ0) is 21.2. The fourth-order valence-corrected chi connectivity index (χ4v) is 5.03. The van der Waals surface area contributed by atoms with Crippen LogP contribution in [-0.4, -0.2) is 44.1 Å². The van der Waals surface area contributed by atoms with Crippen molar-refractivity contribution in [1.82, 2.24) is 19.4 Å². The molecule has 8 heteroatoms. The molecule has 7 rings (SSSR count). The first-order chi connectivity index (χ1) is 15.0. The molecule has 2 aliphatic carbocycles. The van der Waals surface area contributed by atoms with Crippen molar-refractivity contribution < 1.29 is 14.3 Å². The van der Waals surface area contributed by atoms with Crippen LogP contribution in [0.1, 0.15) is 67.3 Å². The van der Waals surface area contributed by atoms with Gasteiger partial charge in [0, 0.05) is 29.4 Å². The number of imidazole rings is 1. The number of pyridine rings is 1. The lowest BCUT2D eigenvalue weighted by Crippen LogP contribution is -2.45. The molecular formula is C23H25N5O3. The fourth-order valence-electron chi connectivity index (χ4n) is 5.03. The van der Waals surface area contributed by atoms with Gasteiger partial charge in [0.15, 0.2) is 0 Å². The van der Waals surface area contributed by atoms with E-state index in [0.717, 1.165) is 37.1 Å². The standard InChI is InChI=1S/C23H25N5O3/c1-3-30-21-19-26-17(23-11-22(2,12-23)31-13-23)10-28(19)9-16(25-21)20(29)27-18-6-4-5-15(24-18)14-7-8-14/h4-6,9-10,14H,3,7-8,11-13H2,1-2H3,(H,24,27,29). The number of hydrogen-bond acceptors (Lipinski definition) is 6. The predicted molar refractivity (Wildman–Crippen MR) is 114 cm³/mol. The highest BCUT2D eigenvalue weighted by molar-refractivity contribution is 6.02. The molecule has 2 bridgehead atoms. The molecule has 4 fully saturated rings. The largest absolute Gasteiger partial charge is 0.475 e. The van der Waals surface area contributed by atoms with Crippen LogP contribution < -0.4 is 10.1 Å². The summed E-state index contributed by atoms with van der Waals surface area (Å²) in [5, 5.41) is 2.88. The van der Waals surface area contributed by atoms with Gasteiger partial charge in [0.25, 0.3) is 11.8 Å². The first-order valence-corrected chi connectivity index (χ1v) is 10.9. The van der Waals surface area contributed by atoms with Crippen LogP contribution in [0.3, 0.4) is 0 Å². The summed E-state index contributed by atoms with van der Waals surface area (Å²) >= 11 is 0. The Morgan fingerprint density at radius 1 is 1.26 bits per heavy atom. The second-order valence-electron chi connectivity index (χ2n) is 9.27. The molecule has 4 aliphatic rings. The third-order valence-corrected chi connectivity index (χ3v) is 6.59. The summed E-state index contributed by atoms with van der Waals surface area (Å²) < 4.78 is 13.5. The molecule has 0 atom stereocenters. The monoisotopic (exact) mass is 419 g/mol. The number of nitrogens with zero attached hydrogens (tertiary/aromatic N) is 4. The van der Waals surface area contributed by atoms with Gasteiger partial charge in [-0.05, 0) is 51.7 Å². The normalized spacial score (nSPS) is 26.6. The van der Waals surface area contributed by atoms with E-state index < -0.39 is 0 Å². The highest BCUT2D eigenvalue weighted by atomic mass is 16.5. The van der Waals surface area contributed by atoms with Crippen LogP contribution in [0.5, 0.6) is 5.88 Å². The van der Waals surface area contributed by atoms with E-state index in [1.165, 1.54) is 0 Å². The molecule has 160 valence electrons. The molecule has 0 spiro atoms. The van der Waals surface area contributed by atoms with Crippen molar-refractivity contribution in [2.75, 3.05) is 18.5 Å². The number of carbonyl (C=O) groups is 1. The average Bonchev–Trinajstić information content (AvgIpc) is 3.28. The summed E-state index contributed by atoms with van der Waals surface area (Å²) in [5.41, 5.74) is 2.82. The highest BCUT2D eigenvalue weighted by Gasteiger charge is 2.61. The first-order valence-electron chi connectivity index (χ1n) is 10.9. The highest BCUT2D eigenvalue weighted by Crippen LogP contribution is 2.58. The van der Waals surface area contributed by atoms with Gasteiger partial charge in [-0.1, -0.05) is 6.07 Å². The molecular weight excluding hydrogens is 394 g/mol. The van der Waals surface area contributed by atoms with Gasteiger partial charge in [-0.3, -0.25) is 9.20 Å². The van der Waals surface area contributed by atoms with E-state index in [9.17, 15) is 4.79 Å². The van der Waals surface area contributed by atoms with Crippen LogP contribution in [0.25, 0.3) is 5.65 Å². The average molecular weight is 419 g/mol. The van der Waals surface area contributed by atoms with Crippen LogP contribution >= 0.6 is 0 Å². The van der Waals surface area contributed by atoms with Crippen molar-refractivity contribution in [3.8, 4) is 5.88 Å². The van der Waals surface area contributed by atoms with E-state index in [1.54, 1.807) is 12.3 Å². The van der Waals surface area contributed by atoms with Gasteiger partial charge in [-0.25, -0.2) is 15.0 Å². The maximum absolute atomic E-state index is 13.0. The van der Waals surface area contributed by atoms with Crippen molar-refractivity contribution in [1.29, 1.82) is 0 Å². The topological polar surface area (TPSA) is 90.6 Å². The minimum atomic E-state index is -0.322. The molecule has 1 amide bonds. The number of aromatic nitrogens is 4. The number of fused-ring (bicyclic) bond motifs is 2. The van der Waals surface area contributed by atoms with Crippen molar-refractivity contribution in [3.05, 3.63) is 47.7 Å². The van der Waals surface area contributed by atoms with Gasteiger partial charge in [-0.15, -0.1) is 0 Å². The maximum Gasteiger partial charge on any atom is 0.277 e. The van der Waals surface area contributed by atoms with Crippen LogP contribution in [0.2, 0.25) is 0 Å². The molecule has 31 heavy (non-hydrogen) atoms. The third-order valence-electron chi connectivity index (χ3n) is 6.59. The Morgan fingerprint density at radius 3 is 2.81 bits per heavy atom. The number of carbonyl (C=O) groups excluding carboxylic acids is 1. The van der Waals surface area contributed by atoms with Crippen LogP contribution in [0.4, 0.5) is 5.82 Å². The van der Waals surface area contributed by atoms with Crippen molar-refractivity contribution in [2.45, 2.75) is 56.5 Å². The Hall–Kier alpha value is -3.00. The Morgan fingerprint density at radius 2 is 2.10 bits per heavy atom. The third kappa shape index (κ3) is 3.08. The first kappa shape index (κ1) is 18.7. The Kier molecular flexibility index (Phi) is 3.93. The molecule has 2 saturated carbocycles. The SMILES string of the molecule is CCOc1nc(C(=O)Nc2cccc(C3CC3)n2)cn2cc(C34COC(C)(C3)C4)nc12. The van der Waals surface area contributed by atoms with Gasteiger partial charge in [0.2, 0.25) is 5.65 Å². The Balaban J connectivity index is 1.32. The minimum absolute atomic E-state index is 0.0240. The van der Waals surface area contributed by atoms with Crippen molar-refractivity contribution in [2.24, 2.45) is 0 Å². The lowest BCUT2D eigenvalue weighted by atomic mass is 9.62. The minimum Gasteiger partial charge on any atom is -0.475 e. The summed E-state index contributed by atoms with van der Waals surface area (Å²) in [5.74, 6) is 1.10. The van der Waals surface area contributed by atoms with Gasteiger partial charge in [0.05, 0.1) is 24.5 Å². The van der Waals surface area contributed by atoms with E-state index >= 15 is 0 Å². The molecule has 3 aromatic heterocycles. The zero-order valence-corrected chi connectivity index (χ0v) is 17.7. The summed E-state index contributed by atoms with van der Waals surface area (Å²) in [6.07, 6.45) is 7.95. The smallest absolute Gasteiger partial charge is 0.277 e. The summed E-state index contributed by atoms with van der Waals surface area (Å²) in [6, 6.07) is 5.74. The summed E-state index contributed by atoms with van der Waals surface area (Å²) in [7, 11) is 0. The van der Waals surface area contributed by atoms with Gasteiger partial charge in [-0.2, -0.15) is 0 Å². The number of amides is 1. The quantitative estimate of drug-likeness (QED) is 0.658. The van der Waals surface area contributed by atoms with Crippen LogP contribution in [0, 0.1) is 0 Å². The second kappa shape index (κ2) is 6.50. The molecule has 1 N–H and O–H groups in total. The van der Waals surface area contributed by atoms with Gasteiger partial charge < -0.3 is 14.8 Å². The molecule has 0 radical (unpaired) electrons. The van der Waals surface area contributed by atoms with Crippen molar-refractivity contribution in [3.63, 3.8) is 0 Å². The Labute approximate surface area is 180 Å². The number of rotatable bonds is 6. The summed E-state index contributed by atoms with van der Waals surface area (Å²) in [6.45, 7) is 5.16. The lowest BCUT2D eigenvalue weighted by Gasteiger charge is -2.41. The van der Waals surface area contributed by atoms with Gasteiger partial charge >= 0.3 is 0 Å². The van der Waals surface area contributed by atoms with E-state index in [0.29, 0.717) is 36.5 Å². The fraction of sp³-hybridized carbons (Fsp3) is 0.478. The van der Waals surface area contributed by atoms with E-state index in [4.69, 9.17) is 14.5 Å². The van der Waals surface area contributed by atoms with E-state index in [-0.39, 0.29) is 22.6 Å². The van der Waals surface area contributed by atoms with E-state index in [2.05, 4.69) is 22.2 Å². The summed E-state index contributed by atoms with van der Waals surface area (Å²) in [4.78, 5) is 26.8. The molecule has 3 aromatic rings. The van der Waals surface area contributed by atoms with Gasteiger partial charge in [0.1, 0.15) is 11.5 Å². The number of ether oxygens (including phenoxy) is 2. The van der Waals surface area contributed by atoms with E-state index in [1.807, 2.05) is 29.7 Å². The maximum atomic E-state index is 13.0. The van der Waals surface area contributed by atoms with Crippen LogP contribution in [0.15, 0.2) is 30.6 Å². The molecule has 2 aliphatic heterocycles. The molecule has 0 unspecified atom stereocenters. The number of anilines is 1. The number of hydrogen-bond donors (Lipinski definition) is 1. The van der Waals surface area contributed by atoms with Crippen molar-refractivity contribution >= 4 is 17.4 Å². The molecule has 0 aromatic carbocycles. The zero-order valence-electron chi connectivity index (χ0n) is 17.7. The lowest BCUT2D eigenvalue weighted by molar-refractivity contribution is 0.0154. The Bertz CT molecular complexity index is 1190. The number of nitrogens with one attached hydrogen (secondary N) is 1. The second-order valence-corrected chi connectivity index (χ2v) is 9.27. The van der Waals surface area contributed by atoms with Crippen LogP contribution in [-0.2, 0) is 10.2 Å². The molecule has 8 nitrogen and oxygen atoms in total. The molecule has 5 heterocycles. The predicted octanol–water partition coefficient (Wildman–Crippen LogP) is 3.47.